The van der Waals surface area contributed by atoms with Crippen LogP contribution < -0.4 is 5.32 Å². The van der Waals surface area contributed by atoms with Crippen LogP contribution in [0.4, 0.5) is 0 Å². The van der Waals surface area contributed by atoms with Crippen LogP contribution in [0.5, 0.6) is 0 Å². The highest BCUT2D eigenvalue weighted by Gasteiger charge is 2.26. The minimum absolute atomic E-state index is 0.449. The van der Waals surface area contributed by atoms with E-state index in [1.54, 1.807) is 7.11 Å². The fourth-order valence-electron chi connectivity index (χ4n) is 3.19. The van der Waals surface area contributed by atoms with E-state index in [2.05, 4.69) is 32.4 Å². The van der Waals surface area contributed by atoms with Gasteiger partial charge in [0.05, 0.1) is 19.2 Å². The third-order valence-electron chi connectivity index (χ3n) is 4.25. The maximum Gasteiger partial charge on any atom is 0.165 e. The molecule has 0 aliphatic heterocycles. The van der Waals surface area contributed by atoms with Gasteiger partial charge in [0.1, 0.15) is 0 Å². The van der Waals surface area contributed by atoms with Crippen molar-refractivity contribution in [3.8, 4) is 0 Å². The van der Waals surface area contributed by atoms with Crippen LogP contribution in [0.2, 0.25) is 0 Å². The Balaban J connectivity index is 1.96. The first kappa shape index (κ1) is 15.4. The normalized spacial score (nSPS) is 18.3. The minimum Gasteiger partial charge on any atom is -0.383 e. The molecule has 1 atom stereocenters. The zero-order valence-corrected chi connectivity index (χ0v) is 12.7. The van der Waals surface area contributed by atoms with Gasteiger partial charge in [0.15, 0.2) is 5.82 Å². The van der Waals surface area contributed by atoms with Crippen molar-refractivity contribution in [2.24, 2.45) is 5.92 Å². The Bertz CT molecular complexity index is 375. The molecule has 6 heteroatoms. The molecule has 0 saturated heterocycles. The second-order valence-electron chi connectivity index (χ2n) is 5.58. The molecule has 1 saturated carbocycles. The van der Waals surface area contributed by atoms with Gasteiger partial charge in [0.25, 0.3) is 0 Å². The molecular formula is C14H27N5O. The van der Waals surface area contributed by atoms with Crippen molar-refractivity contribution in [1.82, 2.24) is 25.5 Å². The van der Waals surface area contributed by atoms with E-state index in [1.165, 1.54) is 32.1 Å². The number of aromatic nitrogens is 4. The summed E-state index contributed by atoms with van der Waals surface area (Å²) in [5, 5.41) is 15.6. The number of hydrogen-bond donors (Lipinski definition) is 1. The summed E-state index contributed by atoms with van der Waals surface area (Å²) >= 11 is 0. The smallest absolute Gasteiger partial charge is 0.165 e. The monoisotopic (exact) mass is 281 g/mol. The molecule has 1 aromatic rings. The number of ether oxygens (including phenoxy) is 1. The molecule has 6 nitrogen and oxygen atoms in total. The summed E-state index contributed by atoms with van der Waals surface area (Å²) in [6.07, 6.45) is 7.81. The molecule has 1 aliphatic rings. The lowest BCUT2D eigenvalue weighted by molar-refractivity contribution is 0.197. The standard InChI is InChI=1S/C14H27N5O/c1-3-13(12-7-5-4-6-8-12)19-14(16-17-18-19)11-15-9-10-20-2/h12-13,15H,3-11H2,1-2H3. The van der Waals surface area contributed by atoms with Gasteiger partial charge in [-0.15, -0.1) is 5.10 Å². The number of hydrogen-bond acceptors (Lipinski definition) is 5. The molecule has 0 radical (unpaired) electrons. The first-order valence-electron chi connectivity index (χ1n) is 7.83. The highest BCUT2D eigenvalue weighted by molar-refractivity contribution is 4.87. The second kappa shape index (κ2) is 8.32. The number of nitrogens with zero attached hydrogens (tertiary/aromatic N) is 4. The maximum atomic E-state index is 5.03. The summed E-state index contributed by atoms with van der Waals surface area (Å²) in [6.45, 7) is 4.48. The first-order chi connectivity index (χ1) is 9.86. The van der Waals surface area contributed by atoms with E-state index < -0.39 is 0 Å². The topological polar surface area (TPSA) is 64.9 Å². The molecule has 20 heavy (non-hydrogen) atoms. The van der Waals surface area contributed by atoms with Gasteiger partial charge in [-0.1, -0.05) is 26.2 Å². The van der Waals surface area contributed by atoms with Gasteiger partial charge < -0.3 is 10.1 Å². The van der Waals surface area contributed by atoms with Crippen molar-refractivity contribution < 1.29 is 4.74 Å². The Morgan fingerprint density at radius 2 is 2.15 bits per heavy atom. The van der Waals surface area contributed by atoms with Gasteiger partial charge in [-0.25, -0.2) is 4.68 Å². The number of nitrogens with one attached hydrogen (secondary N) is 1. The summed E-state index contributed by atoms with van der Waals surface area (Å²) in [5.41, 5.74) is 0. The molecule has 114 valence electrons. The molecule has 1 fully saturated rings. The Labute approximate surface area is 121 Å². The Morgan fingerprint density at radius 3 is 2.85 bits per heavy atom. The molecule has 1 heterocycles. The third kappa shape index (κ3) is 3.99. The van der Waals surface area contributed by atoms with E-state index in [4.69, 9.17) is 4.74 Å². The van der Waals surface area contributed by atoms with Crippen LogP contribution in [0.15, 0.2) is 0 Å². The largest absolute Gasteiger partial charge is 0.383 e. The Morgan fingerprint density at radius 1 is 1.35 bits per heavy atom. The van der Waals surface area contributed by atoms with Crippen LogP contribution in [0.25, 0.3) is 0 Å². The van der Waals surface area contributed by atoms with Crippen molar-refractivity contribution in [3.05, 3.63) is 5.82 Å². The molecule has 2 rings (SSSR count). The highest BCUT2D eigenvalue weighted by atomic mass is 16.5. The molecular weight excluding hydrogens is 254 g/mol. The molecule has 0 spiro atoms. The molecule has 0 aromatic carbocycles. The summed E-state index contributed by atoms with van der Waals surface area (Å²) in [4.78, 5) is 0. The summed E-state index contributed by atoms with van der Waals surface area (Å²) < 4.78 is 7.09. The SMILES string of the molecule is CCC(C1CCCCC1)n1nnnc1CNCCOC. The fourth-order valence-corrected chi connectivity index (χ4v) is 3.19. The molecule has 1 N–H and O–H groups in total. The quantitative estimate of drug-likeness (QED) is 0.738. The van der Waals surface area contributed by atoms with Crippen molar-refractivity contribution in [2.45, 2.75) is 58.0 Å². The van der Waals surface area contributed by atoms with Crippen molar-refractivity contribution in [1.29, 1.82) is 0 Å². The van der Waals surface area contributed by atoms with Crippen molar-refractivity contribution in [3.63, 3.8) is 0 Å². The zero-order chi connectivity index (χ0) is 14.2. The van der Waals surface area contributed by atoms with Crippen LogP contribution in [0.1, 0.15) is 57.3 Å². The molecule has 0 amide bonds. The van der Waals surface area contributed by atoms with Gasteiger partial charge >= 0.3 is 0 Å². The zero-order valence-electron chi connectivity index (χ0n) is 12.7. The predicted octanol–water partition coefficient (Wildman–Crippen LogP) is 1.94. The fraction of sp³-hybridized carbons (Fsp3) is 0.929. The summed E-state index contributed by atoms with van der Waals surface area (Å²) in [7, 11) is 1.71. The lowest BCUT2D eigenvalue weighted by atomic mass is 9.83. The minimum atomic E-state index is 0.449. The molecule has 1 aliphatic carbocycles. The van der Waals surface area contributed by atoms with E-state index >= 15 is 0 Å². The first-order valence-corrected chi connectivity index (χ1v) is 7.83. The van der Waals surface area contributed by atoms with E-state index in [-0.39, 0.29) is 0 Å². The van der Waals surface area contributed by atoms with E-state index in [0.29, 0.717) is 19.2 Å². The lowest BCUT2D eigenvalue weighted by Gasteiger charge is -2.29. The van der Waals surface area contributed by atoms with E-state index in [1.807, 2.05) is 0 Å². The van der Waals surface area contributed by atoms with Gasteiger partial charge in [0, 0.05) is 13.7 Å². The van der Waals surface area contributed by atoms with Crippen LogP contribution >= 0.6 is 0 Å². The van der Waals surface area contributed by atoms with Crippen LogP contribution in [-0.4, -0.2) is 40.5 Å². The molecule has 1 aromatic heterocycles. The third-order valence-corrected chi connectivity index (χ3v) is 4.25. The predicted molar refractivity (Wildman–Crippen MR) is 77.3 cm³/mol. The number of tetrazole rings is 1. The van der Waals surface area contributed by atoms with Gasteiger partial charge in [-0.3, -0.25) is 0 Å². The van der Waals surface area contributed by atoms with Crippen molar-refractivity contribution >= 4 is 0 Å². The number of rotatable bonds is 8. The van der Waals surface area contributed by atoms with Gasteiger partial charge in [-0.05, 0) is 35.6 Å². The average molecular weight is 281 g/mol. The maximum absolute atomic E-state index is 5.03. The van der Waals surface area contributed by atoms with Gasteiger partial charge in [0.2, 0.25) is 0 Å². The summed E-state index contributed by atoms with van der Waals surface area (Å²) in [6, 6.07) is 0.449. The average Bonchev–Trinajstić information content (AvgIpc) is 2.94. The van der Waals surface area contributed by atoms with E-state index in [9.17, 15) is 0 Å². The second-order valence-corrected chi connectivity index (χ2v) is 5.58. The van der Waals surface area contributed by atoms with Gasteiger partial charge in [-0.2, -0.15) is 0 Å². The lowest BCUT2D eigenvalue weighted by Crippen LogP contribution is -2.27. The Hall–Kier alpha value is -1.01. The van der Waals surface area contributed by atoms with Crippen LogP contribution in [0, 0.1) is 5.92 Å². The Kier molecular flexibility index (Phi) is 6.39. The van der Waals surface area contributed by atoms with Crippen molar-refractivity contribution in [2.75, 3.05) is 20.3 Å². The molecule has 0 bridgehead atoms. The van der Waals surface area contributed by atoms with Crippen LogP contribution in [0.3, 0.4) is 0 Å². The highest BCUT2D eigenvalue weighted by Crippen LogP contribution is 2.34. The number of methoxy groups -OCH3 is 1. The van der Waals surface area contributed by atoms with E-state index in [0.717, 1.165) is 24.7 Å². The molecule has 1 unspecified atom stereocenters. The van der Waals surface area contributed by atoms with Crippen LogP contribution in [-0.2, 0) is 11.3 Å². The summed E-state index contributed by atoms with van der Waals surface area (Å²) in [5.74, 6) is 1.67.